The van der Waals surface area contributed by atoms with E-state index in [1.807, 2.05) is 24.3 Å². The molecule has 4 atom stereocenters. The fourth-order valence-electron chi connectivity index (χ4n) is 6.11. The Morgan fingerprint density at radius 1 is 1.09 bits per heavy atom. The minimum Gasteiger partial charge on any atom is -0.479 e. The summed E-state index contributed by atoms with van der Waals surface area (Å²) in [5.41, 5.74) is 3.43. The lowest BCUT2D eigenvalue weighted by Crippen LogP contribution is -2.46. The molecule has 2 N–H and O–H groups in total. The number of amides is 2. The molecule has 2 aromatic carbocycles. The number of aliphatic carboxylic acids is 1. The monoisotopic (exact) mass is 476 g/mol. The number of alkyl carbamates (subject to hydrolysis) is 1. The van der Waals surface area contributed by atoms with Crippen molar-refractivity contribution in [2.45, 2.75) is 24.4 Å². The molecule has 8 heteroatoms. The second kappa shape index (κ2) is 8.37. The van der Waals surface area contributed by atoms with Crippen LogP contribution in [0.15, 0.2) is 48.5 Å². The van der Waals surface area contributed by atoms with E-state index in [9.17, 15) is 19.5 Å². The van der Waals surface area contributed by atoms with E-state index >= 15 is 0 Å². The molecule has 2 aliphatic heterocycles. The maximum absolute atomic E-state index is 12.9. The number of carbonyl (C=O) groups is 3. The number of rotatable bonds is 6. The SMILES string of the molecule is O=C(NC[C@@H]1C[C@@H]1C(=O)N1CC2CCOC2(C(=O)O)C1)OCC1c2ccccc2-c2ccccc21. The zero-order chi connectivity index (χ0) is 24.2. The maximum Gasteiger partial charge on any atom is 0.407 e. The van der Waals surface area contributed by atoms with Crippen LogP contribution in [-0.4, -0.2) is 66.4 Å². The zero-order valence-corrected chi connectivity index (χ0v) is 19.3. The van der Waals surface area contributed by atoms with Gasteiger partial charge in [-0.15, -0.1) is 0 Å². The molecular formula is C27H28N2O6. The van der Waals surface area contributed by atoms with Crippen molar-refractivity contribution in [1.29, 1.82) is 0 Å². The minimum atomic E-state index is -1.25. The molecule has 0 radical (unpaired) electrons. The molecule has 3 fully saturated rings. The van der Waals surface area contributed by atoms with Crippen LogP contribution in [0.4, 0.5) is 4.79 Å². The van der Waals surface area contributed by atoms with Gasteiger partial charge in [-0.25, -0.2) is 9.59 Å². The number of carboxylic acids is 1. The van der Waals surface area contributed by atoms with Gasteiger partial charge in [-0.3, -0.25) is 4.79 Å². The smallest absolute Gasteiger partial charge is 0.407 e. The first kappa shape index (κ1) is 22.1. The Balaban J connectivity index is 0.999. The third kappa shape index (κ3) is 3.67. The van der Waals surface area contributed by atoms with Crippen molar-refractivity contribution in [1.82, 2.24) is 10.2 Å². The fourth-order valence-corrected chi connectivity index (χ4v) is 6.11. The third-order valence-corrected chi connectivity index (χ3v) is 8.12. The zero-order valence-electron chi connectivity index (χ0n) is 19.3. The summed E-state index contributed by atoms with van der Waals surface area (Å²) in [4.78, 5) is 38.8. The average molecular weight is 477 g/mol. The average Bonchev–Trinajstić information content (AvgIpc) is 3.20. The number of hydrogen-bond donors (Lipinski definition) is 2. The summed E-state index contributed by atoms with van der Waals surface area (Å²) in [6.45, 7) is 1.57. The van der Waals surface area contributed by atoms with E-state index in [-0.39, 0.29) is 42.7 Å². The quantitative estimate of drug-likeness (QED) is 0.664. The van der Waals surface area contributed by atoms with E-state index in [1.165, 1.54) is 11.1 Å². The second-order valence-corrected chi connectivity index (χ2v) is 10.1. The number of likely N-dealkylation sites (tertiary alicyclic amines) is 1. The van der Waals surface area contributed by atoms with E-state index in [4.69, 9.17) is 9.47 Å². The summed E-state index contributed by atoms with van der Waals surface area (Å²) in [5, 5.41) is 12.4. The molecular weight excluding hydrogens is 448 g/mol. The molecule has 1 saturated carbocycles. The van der Waals surface area contributed by atoms with Gasteiger partial charge in [-0.2, -0.15) is 0 Å². The molecule has 182 valence electrons. The van der Waals surface area contributed by atoms with Gasteiger partial charge in [0.2, 0.25) is 5.91 Å². The summed E-state index contributed by atoms with van der Waals surface area (Å²) in [5.74, 6) is -1.32. The molecule has 2 aliphatic carbocycles. The van der Waals surface area contributed by atoms with Gasteiger partial charge in [-0.1, -0.05) is 48.5 Å². The van der Waals surface area contributed by atoms with E-state index in [1.54, 1.807) is 4.90 Å². The predicted molar refractivity (Wildman–Crippen MR) is 126 cm³/mol. The van der Waals surface area contributed by atoms with E-state index < -0.39 is 17.7 Å². The highest BCUT2D eigenvalue weighted by Gasteiger charge is 2.59. The first-order chi connectivity index (χ1) is 17.0. The van der Waals surface area contributed by atoms with Crippen LogP contribution in [0.5, 0.6) is 0 Å². The largest absolute Gasteiger partial charge is 0.479 e. The number of hydrogen-bond acceptors (Lipinski definition) is 5. The number of nitrogens with one attached hydrogen (secondary N) is 1. The molecule has 0 bridgehead atoms. The topological polar surface area (TPSA) is 105 Å². The summed E-state index contributed by atoms with van der Waals surface area (Å²) in [7, 11) is 0. The lowest BCUT2D eigenvalue weighted by molar-refractivity contribution is -0.161. The van der Waals surface area contributed by atoms with Crippen LogP contribution >= 0.6 is 0 Å². The minimum absolute atomic E-state index is 0.00166. The predicted octanol–water partition coefficient (Wildman–Crippen LogP) is 2.86. The number of benzene rings is 2. The van der Waals surface area contributed by atoms with Crippen LogP contribution in [0.3, 0.4) is 0 Å². The summed E-state index contributed by atoms with van der Waals surface area (Å²) >= 11 is 0. The highest BCUT2D eigenvalue weighted by molar-refractivity contribution is 5.86. The Morgan fingerprint density at radius 3 is 2.43 bits per heavy atom. The lowest BCUT2D eigenvalue weighted by atomic mass is 9.91. The van der Waals surface area contributed by atoms with Crippen LogP contribution in [0, 0.1) is 17.8 Å². The number of fused-ring (bicyclic) bond motifs is 4. The van der Waals surface area contributed by atoms with Crippen molar-refractivity contribution in [2.24, 2.45) is 17.8 Å². The van der Waals surface area contributed by atoms with Gasteiger partial charge in [0.1, 0.15) is 6.61 Å². The van der Waals surface area contributed by atoms with Crippen LogP contribution in [0.1, 0.15) is 29.9 Å². The van der Waals surface area contributed by atoms with E-state index in [2.05, 4.69) is 29.6 Å². The second-order valence-electron chi connectivity index (χ2n) is 10.1. The molecule has 6 rings (SSSR count). The van der Waals surface area contributed by atoms with Crippen molar-refractivity contribution in [3.8, 4) is 11.1 Å². The van der Waals surface area contributed by atoms with Crippen LogP contribution in [0.25, 0.3) is 11.1 Å². The van der Waals surface area contributed by atoms with Gasteiger partial charge < -0.3 is 24.8 Å². The van der Waals surface area contributed by atoms with E-state index in [0.29, 0.717) is 32.5 Å². The molecule has 2 saturated heterocycles. The Hall–Kier alpha value is -3.39. The van der Waals surface area contributed by atoms with Crippen LogP contribution in [-0.2, 0) is 19.1 Å². The normalized spacial score (nSPS) is 28.2. The van der Waals surface area contributed by atoms with Gasteiger partial charge in [-0.05, 0) is 41.0 Å². The number of carboxylic acid groups (broad SMARTS) is 1. The van der Waals surface area contributed by atoms with Crippen molar-refractivity contribution >= 4 is 18.0 Å². The Kier molecular flexibility index (Phi) is 5.29. The Bertz CT molecular complexity index is 1150. The molecule has 4 aliphatic rings. The van der Waals surface area contributed by atoms with Crippen molar-refractivity contribution in [2.75, 3.05) is 32.8 Å². The molecule has 8 nitrogen and oxygen atoms in total. The van der Waals surface area contributed by atoms with Crippen molar-refractivity contribution in [3.05, 3.63) is 59.7 Å². The lowest BCUT2D eigenvalue weighted by Gasteiger charge is -2.23. The third-order valence-electron chi connectivity index (χ3n) is 8.12. The van der Waals surface area contributed by atoms with Gasteiger partial charge in [0, 0.05) is 37.5 Å². The van der Waals surface area contributed by atoms with Crippen molar-refractivity contribution < 1.29 is 29.0 Å². The molecule has 2 aromatic rings. The summed E-state index contributed by atoms with van der Waals surface area (Å²) in [6.07, 6.45) is 0.858. The highest BCUT2D eigenvalue weighted by atomic mass is 16.5. The Morgan fingerprint density at radius 2 is 1.77 bits per heavy atom. The van der Waals surface area contributed by atoms with Gasteiger partial charge in [0.25, 0.3) is 0 Å². The number of ether oxygens (including phenoxy) is 2. The van der Waals surface area contributed by atoms with E-state index in [0.717, 1.165) is 11.1 Å². The molecule has 0 aromatic heterocycles. The summed E-state index contributed by atoms with van der Waals surface area (Å²) < 4.78 is 11.1. The maximum atomic E-state index is 12.9. The van der Waals surface area contributed by atoms with Crippen LogP contribution in [0.2, 0.25) is 0 Å². The molecule has 2 heterocycles. The van der Waals surface area contributed by atoms with Crippen molar-refractivity contribution in [3.63, 3.8) is 0 Å². The van der Waals surface area contributed by atoms with Gasteiger partial charge in [0.05, 0.1) is 6.54 Å². The molecule has 35 heavy (non-hydrogen) atoms. The van der Waals surface area contributed by atoms with Gasteiger partial charge in [0.15, 0.2) is 5.60 Å². The number of carbonyl (C=O) groups excluding carboxylic acids is 2. The standard InChI is InChI=1S/C27H28N2O6/c30-24(29-13-17-9-10-35-27(17,15-29)25(31)32)22-11-16(22)12-28-26(33)34-14-23-20-7-3-1-5-18(20)19-6-2-4-8-21(19)23/h1-8,16-17,22-23H,9-15H2,(H,28,33)(H,31,32)/t16-,17?,22-,27?/m0/s1. The highest BCUT2D eigenvalue weighted by Crippen LogP contribution is 2.45. The van der Waals surface area contributed by atoms with Gasteiger partial charge >= 0.3 is 12.1 Å². The number of nitrogens with zero attached hydrogens (tertiary/aromatic N) is 1. The first-order valence-electron chi connectivity index (χ1n) is 12.2. The Labute approximate surface area is 203 Å². The first-order valence-corrected chi connectivity index (χ1v) is 12.2. The molecule has 0 spiro atoms. The molecule has 2 unspecified atom stereocenters. The summed E-state index contributed by atoms with van der Waals surface area (Å²) in [6, 6.07) is 16.4. The molecule has 2 amide bonds. The fraction of sp³-hybridized carbons (Fsp3) is 0.444. The van der Waals surface area contributed by atoms with Crippen LogP contribution < -0.4 is 5.32 Å².